The molecule has 2 N–H and O–H groups in total. The molecule has 0 radical (unpaired) electrons. The Kier molecular flexibility index (Phi) is 5.37. The number of hydrogen-bond acceptors (Lipinski definition) is 2. The maximum Gasteiger partial charge on any atom is 0.110 e. The van der Waals surface area contributed by atoms with Crippen LogP contribution in [0.2, 0.25) is 0 Å². The van der Waals surface area contributed by atoms with Crippen LogP contribution in [0.15, 0.2) is 22.9 Å². The molecule has 0 saturated heterocycles. The van der Waals surface area contributed by atoms with Gasteiger partial charge in [-0.05, 0) is 22.0 Å². The van der Waals surface area contributed by atoms with E-state index in [-0.39, 0.29) is 12.4 Å². The van der Waals surface area contributed by atoms with Gasteiger partial charge < -0.3 is 5.73 Å². The molecule has 0 amide bonds. The highest BCUT2D eigenvalue weighted by Gasteiger charge is 2.08. The largest absolute Gasteiger partial charge is 0.322 e. The fourth-order valence-electron chi connectivity index (χ4n) is 0.758. The normalized spacial score (nSPS) is 11.9. The number of aromatic nitrogens is 1. The van der Waals surface area contributed by atoms with Crippen molar-refractivity contribution >= 4 is 28.3 Å². The molecular weight excluding hydrogens is 246 g/mol. The van der Waals surface area contributed by atoms with E-state index in [2.05, 4.69) is 20.9 Å². The lowest BCUT2D eigenvalue weighted by molar-refractivity contribution is 0.435. The van der Waals surface area contributed by atoms with Crippen molar-refractivity contribution in [2.75, 3.05) is 6.67 Å². The molecule has 0 aliphatic rings. The lowest BCUT2D eigenvalue weighted by atomic mass is 10.1. The van der Waals surface area contributed by atoms with E-state index >= 15 is 0 Å². The van der Waals surface area contributed by atoms with Crippen molar-refractivity contribution in [3.05, 3.63) is 28.5 Å². The molecular formula is C7H9BrClFN2. The lowest BCUT2D eigenvalue weighted by Crippen LogP contribution is -2.12. The number of alkyl halides is 1. The van der Waals surface area contributed by atoms with Crippen molar-refractivity contribution in [1.29, 1.82) is 0 Å². The van der Waals surface area contributed by atoms with E-state index in [1.807, 2.05) is 0 Å². The Hall–Kier alpha value is -0.190. The van der Waals surface area contributed by atoms with Gasteiger partial charge >= 0.3 is 0 Å². The number of nitrogens with two attached hydrogens (primary N) is 1. The fourth-order valence-corrected chi connectivity index (χ4v) is 1.30. The second-order valence-corrected chi connectivity index (χ2v) is 2.90. The van der Waals surface area contributed by atoms with Crippen molar-refractivity contribution in [2.45, 2.75) is 6.04 Å². The van der Waals surface area contributed by atoms with Gasteiger partial charge in [-0.2, -0.15) is 0 Å². The van der Waals surface area contributed by atoms with E-state index in [0.717, 1.165) is 0 Å². The second-order valence-electron chi connectivity index (χ2n) is 2.14. The molecule has 0 aliphatic heterocycles. The first-order valence-electron chi connectivity index (χ1n) is 3.17. The van der Waals surface area contributed by atoms with Gasteiger partial charge in [0.1, 0.15) is 11.3 Å². The van der Waals surface area contributed by atoms with Crippen LogP contribution in [0.5, 0.6) is 0 Å². The summed E-state index contributed by atoms with van der Waals surface area (Å²) in [6.07, 6.45) is 1.62. The zero-order valence-corrected chi connectivity index (χ0v) is 8.61. The molecule has 0 spiro atoms. The number of pyridine rings is 1. The summed E-state index contributed by atoms with van der Waals surface area (Å²) in [6.45, 7) is -0.565. The van der Waals surface area contributed by atoms with Crippen LogP contribution in [0.1, 0.15) is 11.6 Å². The summed E-state index contributed by atoms with van der Waals surface area (Å²) in [4.78, 5) is 3.92. The lowest BCUT2D eigenvalue weighted by Gasteiger charge is -2.07. The molecule has 5 heteroatoms. The zero-order chi connectivity index (χ0) is 8.27. The maximum atomic E-state index is 12.1. The van der Waals surface area contributed by atoms with Crippen LogP contribution in [0.25, 0.3) is 0 Å². The predicted octanol–water partition coefficient (Wildman–Crippen LogP) is 2.24. The molecule has 1 aromatic rings. The van der Waals surface area contributed by atoms with Crippen LogP contribution in [-0.2, 0) is 0 Å². The van der Waals surface area contributed by atoms with E-state index < -0.39 is 12.7 Å². The first-order chi connectivity index (χ1) is 5.25. The van der Waals surface area contributed by atoms with Gasteiger partial charge in [0, 0.05) is 11.8 Å². The minimum Gasteiger partial charge on any atom is -0.322 e. The first kappa shape index (κ1) is 11.8. The minimum atomic E-state index is -0.571. The first-order valence-corrected chi connectivity index (χ1v) is 3.97. The smallest absolute Gasteiger partial charge is 0.110 e. The minimum absolute atomic E-state index is 0. The third-order valence-electron chi connectivity index (χ3n) is 1.35. The molecule has 0 bridgehead atoms. The van der Waals surface area contributed by atoms with Crippen LogP contribution in [0, 0.1) is 0 Å². The van der Waals surface area contributed by atoms with Gasteiger partial charge in [-0.3, -0.25) is 0 Å². The van der Waals surface area contributed by atoms with Gasteiger partial charge in [-0.25, -0.2) is 9.37 Å². The Labute approximate surface area is 84.9 Å². The molecule has 1 aromatic heterocycles. The van der Waals surface area contributed by atoms with E-state index in [0.29, 0.717) is 10.2 Å². The fraction of sp³-hybridized carbons (Fsp3) is 0.286. The van der Waals surface area contributed by atoms with Gasteiger partial charge in [-0.1, -0.05) is 6.07 Å². The number of halogens is 3. The Bertz CT molecular complexity index is 247. The van der Waals surface area contributed by atoms with Crippen molar-refractivity contribution in [1.82, 2.24) is 4.98 Å². The molecule has 1 rings (SSSR count). The van der Waals surface area contributed by atoms with E-state index in [1.54, 1.807) is 18.3 Å². The van der Waals surface area contributed by atoms with Crippen molar-refractivity contribution in [3.63, 3.8) is 0 Å². The van der Waals surface area contributed by atoms with Gasteiger partial charge in [0.15, 0.2) is 0 Å². The number of rotatable bonds is 2. The van der Waals surface area contributed by atoms with Crippen LogP contribution in [-0.4, -0.2) is 11.7 Å². The van der Waals surface area contributed by atoms with E-state index in [1.165, 1.54) is 0 Å². The van der Waals surface area contributed by atoms with Crippen LogP contribution in [0.3, 0.4) is 0 Å². The van der Waals surface area contributed by atoms with Crippen molar-refractivity contribution in [2.24, 2.45) is 5.73 Å². The highest BCUT2D eigenvalue weighted by atomic mass is 79.9. The molecule has 1 heterocycles. The van der Waals surface area contributed by atoms with Crippen LogP contribution >= 0.6 is 28.3 Å². The number of hydrogen-bond donors (Lipinski definition) is 1. The van der Waals surface area contributed by atoms with Gasteiger partial charge in [0.2, 0.25) is 0 Å². The van der Waals surface area contributed by atoms with Gasteiger partial charge in [0.05, 0.1) is 6.04 Å². The topological polar surface area (TPSA) is 38.9 Å². The second kappa shape index (κ2) is 5.45. The number of nitrogens with zero attached hydrogens (tertiary/aromatic N) is 1. The predicted molar refractivity (Wildman–Crippen MR) is 52.1 cm³/mol. The van der Waals surface area contributed by atoms with Crippen LogP contribution in [0.4, 0.5) is 4.39 Å². The molecule has 2 nitrogen and oxygen atoms in total. The standard InChI is InChI=1S/C7H8BrFN2.ClH/c8-7-5(6(10)4-9)2-1-3-11-7;/h1-3,6H,4,10H2;1H/t6-;/m1./s1. The SMILES string of the molecule is Cl.N[C@H](CF)c1cccnc1Br. The van der Waals surface area contributed by atoms with Gasteiger partial charge in [-0.15, -0.1) is 12.4 Å². The van der Waals surface area contributed by atoms with E-state index in [9.17, 15) is 4.39 Å². The molecule has 0 aromatic carbocycles. The Morgan fingerprint density at radius 3 is 2.83 bits per heavy atom. The highest BCUT2D eigenvalue weighted by molar-refractivity contribution is 9.10. The Morgan fingerprint density at radius 2 is 2.33 bits per heavy atom. The quantitative estimate of drug-likeness (QED) is 0.823. The Morgan fingerprint density at radius 1 is 1.67 bits per heavy atom. The molecule has 0 fully saturated rings. The highest BCUT2D eigenvalue weighted by Crippen LogP contribution is 2.18. The summed E-state index contributed by atoms with van der Waals surface area (Å²) in [7, 11) is 0. The summed E-state index contributed by atoms with van der Waals surface area (Å²) in [5.74, 6) is 0. The summed E-state index contributed by atoms with van der Waals surface area (Å²) in [6, 6.07) is 2.91. The molecule has 0 aliphatic carbocycles. The monoisotopic (exact) mass is 254 g/mol. The molecule has 68 valence electrons. The summed E-state index contributed by atoms with van der Waals surface area (Å²) in [5.41, 5.74) is 6.15. The zero-order valence-electron chi connectivity index (χ0n) is 6.21. The molecule has 12 heavy (non-hydrogen) atoms. The summed E-state index contributed by atoms with van der Waals surface area (Å²) in [5, 5.41) is 0. The average Bonchev–Trinajstić information content (AvgIpc) is 2.04. The maximum absolute atomic E-state index is 12.1. The molecule has 0 saturated carbocycles. The summed E-state index contributed by atoms with van der Waals surface area (Å²) < 4.78 is 12.7. The third-order valence-corrected chi connectivity index (χ3v) is 2.02. The molecule has 1 atom stereocenters. The Balaban J connectivity index is 0.00000121. The van der Waals surface area contributed by atoms with Crippen molar-refractivity contribution < 1.29 is 4.39 Å². The van der Waals surface area contributed by atoms with E-state index in [4.69, 9.17) is 5.73 Å². The third kappa shape index (κ3) is 2.69. The van der Waals surface area contributed by atoms with Crippen LogP contribution < -0.4 is 5.73 Å². The molecule has 0 unspecified atom stereocenters. The average molecular weight is 256 g/mol. The van der Waals surface area contributed by atoms with Crippen molar-refractivity contribution in [3.8, 4) is 0 Å². The summed E-state index contributed by atoms with van der Waals surface area (Å²) >= 11 is 3.18. The van der Waals surface area contributed by atoms with Gasteiger partial charge in [0.25, 0.3) is 0 Å².